The van der Waals surface area contributed by atoms with Crippen molar-refractivity contribution in [1.29, 1.82) is 0 Å². The number of hydrogen-bond acceptors (Lipinski definition) is 8. The van der Waals surface area contributed by atoms with Gasteiger partial charge >= 0.3 is 11.9 Å². The monoisotopic (exact) mass is 1170 g/mol. The van der Waals surface area contributed by atoms with Crippen molar-refractivity contribution in [2.75, 3.05) is 47.5 Å². The molecule has 2 unspecified atom stereocenters. The lowest BCUT2D eigenvalue weighted by atomic mass is 10.0. The minimum Gasteiger partial charge on any atom is -0.756 e. The van der Waals surface area contributed by atoms with Crippen LogP contribution in [0.15, 0.2) is 72.9 Å². The van der Waals surface area contributed by atoms with E-state index in [1.54, 1.807) is 0 Å². The van der Waals surface area contributed by atoms with Crippen LogP contribution in [0, 0.1) is 0 Å². The Balaban J connectivity index is 4.03. The Morgan fingerprint density at radius 2 is 0.695 bits per heavy atom. The summed E-state index contributed by atoms with van der Waals surface area (Å²) in [5.41, 5.74) is 0. The van der Waals surface area contributed by atoms with Crippen LogP contribution in [-0.4, -0.2) is 70.0 Å². The molecule has 0 saturated carbocycles. The number of rotatable bonds is 64. The van der Waals surface area contributed by atoms with Crippen LogP contribution in [0.4, 0.5) is 0 Å². The molecule has 9 nitrogen and oxygen atoms in total. The molecule has 0 aliphatic carbocycles. The molecule has 0 saturated heterocycles. The molecule has 0 fully saturated rings. The second-order valence-corrected chi connectivity index (χ2v) is 25.9. The summed E-state index contributed by atoms with van der Waals surface area (Å²) in [7, 11) is 1.16. The first-order chi connectivity index (χ1) is 40.0. The van der Waals surface area contributed by atoms with Gasteiger partial charge in [-0.3, -0.25) is 14.2 Å². The molecule has 0 bridgehead atoms. The van der Waals surface area contributed by atoms with Crippen LogP contribution < -0.4 is 4.89 Å². The van der Waals surface area contributed by atoms with Gasteiger partial charge in [0.1, 0.15) is 19.8 Å². The highest BCUT2D eigenvalue weighted by Gasteiger charge is 2.22. The Kier molecular flexibility index (Phi) is 61.0. The highest BCUT2D eigenvalue weighted by atomic mass is 31.2. The summed E-state index contributed by atoms with van der Waals surface area (Å²) in [5.74, 6) is -0.840. The topological polar surface area (TPSA) is 111 Å². The first-order valence-corrected chi connectivity index (χ1v) is 36.1. The van der Waals surface area contributed by atoms with E-state index in [-0.39, 0.29) is 32.0 Å². The van der Waals surface area contributed by atoms with Crippen molar-refractivity contribution in [1.82, 2.24) is 0 Å². The van der Waals surface area contributed by atoms with Gasteiger partial charge in [0.2, 0.25) is 0 Å². The smallest absolute Gasteiger partial charge is 0.306 e. The van der Waals surface area contributed by atoms with Crippen LogP contribution >= 0.6 is 7.82 Å². The normalized spacial score (nSPS) is 13.6. The molecule has 0 amide bonds. The molecular weight excluding hydrogens is 1040 g/mol. The first kappa shape index (κ1) is 79.5. The summed E-state index contributed by atoms with van der Waals surface area (Å²) in [4.78, 5) is 38.0. The molecule has 0 aliphatic rings. The minimum absolute atomic E-state index is 0.0357. The van der Waals surface area contributed by atoms with Gasteiger partial charge in [0.25, 0.3) is 7.82 Å². The number of hydrogen-bond donors (Lipinski definition) is 0. The third-order valence-corrected chi connectivity index (χ3v) is 16.2. The minimum atomic E-state index is -4.65. The van der Waals surface area contributed by atoms with Crippen LogP contribution in [0.5, 0.6) is 0 Å². The largest absolute Gasteiger partial charge is 0.756 e. The molecule has 0 aromatic heterocycles. The number of unbranched alkanes of at least 4 members (excludes halogenated alkanes) is 38. The summed E-state index contributed by atoms with van der Waals surface area (Å²) in [6.07, 6.45) is 84.2. The van der Waals surface area contributed by atoms with Gasteiger partial charge in [-0.2, -0.15) is 0 Å². The molecule has 0 radical (unpaired) electrons. The highest BCUT2D eigenvalue weighted by molar-refractivity contribution is 7.45. The fraction of sp³-hybridized carbons (Fsp3) is 0.806. The van der Waals surface area contributed by atoms with E-state index < -0.39 is 26.5 Å². The number of carbonyl (C=O) groups excluding carboxylic acids is 2. The molecular formula is C72H132NO8P. The van der Waals surface area contributed by atoms with Gasteiger partial charge in [-0.1, -0.05) is 318 Å². The zero-order chi connectivity index (χ0) is 59.8. The lowest BCUT2D eigenvalue weighted by molar-refractivity contribution is -0.870. The van der Waals surface area contributed by atoms with Crippen molar-refractivity contribution < 1.29 is 42.1 Å². The zero-order valence-corrected chi connectivity index (χ0v) is 55.3. The predicted octanol–water partition coefficient (Wildman–Crippen LogP) is 21.8. The average molecular weight is 1170 g/mol. The Hall–Kier alpha value is -2.55. The van der Waals surface area contributed by atoms with Gasteiger partial charge in [0, 0.05) is 12.8 Å². The Morgan fingerprint density at radius 1 is 0.390 bits per heavy atom. The van der Waals surface area contributed by atoms with Crippen LogP contribution in [0.25, 0.3) is 0 Å². The van der Waals surface area contributed by atoms with Crippen LogP contribution in [0.3, 0.4) is 0 Å². The maximum atomic E-state index is 12.8. The van der Waals surface area contributed by atoms with E-state index in [9.17, 15) is 19.0 Å². The van der Waals surface area contributed by atoms with E-state index >= 15 is 0 Å². The van der Waals surface area contributed by atoms with Crippen molar-refractivity contribution in [3.8, 4) is 0 Å². The lowest BCUT2D eigenvalue weighted by Gasteiger charge is -2.28. The third-order valence-electron chi connectivity index (χ3n) is 15.2. The number of quaternary nitrogens is 1. The number of carbonyl (C=O) groups is 2. The van der Waals surface area contributed by atoms with Gasteiger partial charge < -0.3 is 27.9 Å². The Morgan fingerprint density at radius 3 is 1.04 bits per heavy atom. The molecule has 0 aromatic carbocycles. The van der Waals surface area contributed by atoms with E-state index in [4.69, 9.17) is 18.5 Å². The number of nitrogens with zero attached hydrogens (tertiary/aromatic N) is 1. The molecule has 0 aliphatic heterocycles. The molecule has 2 atom stereocenters. The van der Waals surface area contributed by atoms with Crippen molar-refractivity contribution in [3.63, 3.8) is 0 Å². The number of phosphoric ester groups is 1. The second kappa shape index (κ2) is 63.0. The summed E-state index contributed by atoms with van der Waals surface area (Å²) >= 11 is 0. The molecule has 0 N–H and O–H groups in total. The quantitative estimate of drug-likeness (QED) is 0.0195. The van der Waals surface area contributed by atoms with E-state index in [1.807, 2.05) is 21.1 Å². The van der Waals surface area contributed by atoms with Crippen LogP contribution in [0.1, 0.15) is 322 Å². The fourth-order valence-corrected chi connectivity index (χ4v) is 10.7. The van der Waals surface area contributed by atoms with E-state index in [0.717, 1.165) is 96.3 Å². The summed E-state index contributed by atoms with van der Waals surface area (Å²) in [6, 6.07) is 0. The van der Waals surface area contributed by atoms with E-state index in [1.165, 1.54) is 193 Å². The maximum absolute atomic E-state index is 12.8. The SMILES string of the molecule is CC/C=C\C/C=C\C/C=C\C/C=C\C/C=C\C/C=C\CCCCCCCCC(=O)OC(COC(=O)CCCCCCCCCCCCCCCCCCCCCCCCCCCCCCCCCCC)COP(=O)([O-])OCC[N+](C)(C)C. The molecule has 0 aromatic rings. The van der Waals surface area contributed by atoms with E-state index in [2.05, 4.69) is 86.8 Å². The summed E-state index contributed by atoms with van der Waals surface area (Å²) < 4.78 is 34.3. The van der Waals surface area contributed by atoms with Crippen LogP contribution in [-0.2, 0) is 32.7 Å². The average Bonchev–Trinajstić information content (AvgIpc) is 3.46. The zero-order valence-electron chi connectivity index (χ0n) is 54.4. The molecule has 0 heterocycles. The van der Waals surface area contributed by atoms with Crippen LogP contribution in [0.2, 0.25) is 0 Å². The Bertz CT molecular complexity index is 1610. The molecule has 478 valence electrons. The fourth-order valence-electron chi connectivity index (χ4n) is 9.96. The molecule has 82 heavy (non-hydrogen) atoms. The summed E-state index contributed by atoms with van der Waals surface area (Å²) in [6.45, 7) is 4.15. The molecule has 0 rings (SSSR count). The first-order valence-electron chi connectivity index (χ1n) is 34.6. The Labute approximate surface area is 508 Å². The lowest BCUT2D eigenvalue weighted by Crippen LogP contribution is -2.37. The van der Waals surface area contributed by atoms with Gasteiger partial charge in [0.15, 0.2) is 6.10 Å². The standard InChI is InChI=1S/C72H132NO8P/c1-6-8-10-12-14-16-18-20-22-24-26-28-30-32-33-34-35-36-37-38-39-41-42-44-46-48-50-52-54-56-58-60-62-64-71(74)78-68-70(69-80-82(76,77)79-67-66-73(3,4)5)81-72(75)65-63-61-59-57-55-53-51-49-47-45-43-40-31-29-27-25-23-21-19-17-15-13-11-9-7-2/h9,11,15,17,21,23,27,29,40,43,47,49,70H,6-8,10,12-14,16,18-20,22,24-26,28,30-39,41-42,44-46,48,50-69H2,1-5H3/b11-9-,17-15-,23-21-,29-27-,43-40-,49-47-. The molecule has 0 spiro atoms. The molecule has 10 heteroatoms. The van der Waals surface area contributed by atoms with Gasteiger partial charge in [-0.05, 0) is 64.2 Å². The van der Waals surface area contributed by atoms with Gasteiger partial charge in [-0.25, -0.2) is 0 Å². The number of ether oxygens (including phenoxy) is 2. The van der Waals surface area contributed by atoms with E-state index in [0.29, 0.717) is 17.4 Å². The number of likely N-dealkylation sites (N-methyl/N-ethyl adjacent to an activating group) is 1. The van der Waals surface area contributed by atoms with Crippen molar-refractivity contribution in [2.24, 2.45) is 0 Å². The highest BCUT2D eigenvalue weighted by Crippen LogP contribution is 2.38. The predicted molar refractivity (Wildman–Crippen MR) is 351 cm³/mol. The number of phosphoric acid groups is 1. The van der Waals surface area contributed by atoms with Gasteiger partial charge in [-0.15, -0.1) is 0 Å². The number of esters is 2. The second-order valence-electron chi connectivity index (χ2n) is 24.5. The summed E-state index contributed by atoms with van der Waals surface area (Å²) in [5, 5.41) is 0. The van der Waals surface area contributed by atoms with Gasteiger partial charge in [0.05, 0.1) is 27.7 Å². The van der Waals surface area contributed by atoms with Crippen molar-refractivity contribution >= 4 is 19.8 Å². The third kappa shape index (κ3) is 66.6. The number of allylic oxidation sites excluding steroid dienone is 12. The van der Waals surface area contributed by atoms with Crippen molar-refractivity contribution in [3.05, 3.63) is 72.9 Å². The maximum Gasteiger partial charge on any atom is 0.306 e. The van der Waals surface area contributed by atoms with Crippen molar-refractivity contribution in [2.45, 2.75) is 328 Å².